The van der Waals surface area contributed by atoms with E-state index in [1.165, 1.54) is 4.88 Å². The van der Waals surface area contributed by atoms with Crippen molar-refractivity contribution in [2.45, 2.75) is 18.6 Å². The summed E-state index contributed by atoms with van der Waals surface area (Å²) < 4.78 is 0.914. The van der Waals surface area contributed by atoms with Gasteiger partial charge in [0, 0.05) is 9.35 Å². The molecule has 1 atom stereocenters. The summed E-state index contributed by atoms with van der Waals surface area (Å²) >= 11 is 6.87. The number of benzene rings is 1. The van der Waals surface area contributed by atoms with Crippen LogP contribution in [0.5, 0.6) is 0 Å². The Morgan fingerprint density at radius 1 is 1.45 bits per heavy atom. The first-order valence-corrected chi connectivity index (χ1v) is 9.33. The molecule has 0 spiro atoms. The number of hydrogen-bond acceptors (Lipinski definition) is 4. The standard InChI is InChI=1S/C15H15BrN2OS2.ClH/c1-8-6-9(16)7-11(13(8)17)18-15(19)14-10-2-4-20-12(10)3-5-21-14;/h2,4,6-7,14H,3,5,17H2,1H3,(H,18,19);1H. The third kappa shape index (κ3) is 3.45. The van der Waals surface area contributed by atoms with Crippen molar-refractivity contribution in [1.82, 2.24) is 0 Å². The number of amides is 1. The monoisotopic (exact) mass is 418 g/mol. The van der Waals surface area contributed by atoms with Gasteiger partial charge in [0.25, 0.3) is 0 Å². The maximum absolute atomic E-state index is 12.6. The zero-order valence-electron chi connectivity index (χ0n) is 11.9. The minimum Gasteiger partial charge on any atom is -0.397 e. The molecule has 0 saturated carbocycles. The lowest BCUT2D eigenvalue weighted by Gasteiger charge is -2.22. The minimum absolute atomic E-state index is 0. The average molecular weight is 420 g/mol. The first-order chi connectivity index (χ1) is 10.1. The van der Waals surface area contributed by atoms with Crippen molar-refractivity contribution in [3.63, 3.8) is 0 Å². The lowest BCUT2D eigenvalue weighted by molar-refractivity contribution is -0.115. The topological polar surface area (TPSA) is 55.1 Å². The van der Waals surface area contributed by atoms with E-state index in [0.29, 0.717) is 11.4 Å². The molecule has 1 aliphatic rings. The second-order valence-electron chi connectivity index (χ2n) is 4.97. The Morgan fingerprint density at radius 3 is 3.00 bits per heavy atom. The number of rotatable bonds is 2. The SMILES string of the molecule is Cc1cc(Br)cc(NC(=O)C2SCCc3sccc32)c1N.Cl. The van der Waals surface area contributed by atoms with E-state index in [-0.39, 0.29) is 23.6 Å². The maximum Gasteiger partial charge on any atom is 0.242 e. The number of thiophene rings is 1. The number of nitrogens with two attached hydrogens (primary N) is 1. The molecule has 0 fully saturated rings. The van der Waals surface area contributed by atoms with Crippen LogP contribution in [0.4, 0.5) is 11.4 Å². The van der Waals surface area contributed by atoms with Crippen molar-refractivity contribution < 1.29 is 4.79 Å². The highest BCUT2D eigenvalue weighted by Gasteiger charge is 2.28. The van der Waals surface area contributed by atoms with Crippen LogP contribution in [0.15, 0.2) is 28.1 Å². The summed E-state index contributed by atoms with van der Waals surface area (Å²) in [5, 5.41) is 4.91. The van der Waals surface area contributed by atoms with Crippen LogP contribution in [0.25, 0.3) is 0 Å². The van der Waals surface area contributed by atoms with Crippen molar-refractivity contribution in [3.05, 3.63) is 44.1 Å². The molecule has 1 unspecified atom stereocenters. The predicted molar refractivity (Wildman–Crippen MR) is 102 cm³/mol. The lowest BCUT2D eigenvalue weighted by atomic mass is 10.1. The summed E-state index contributed by atoms with van der Waals surface area (Å²) in [4.78, 5) is 13.9. The van der Waals surface area contributed by atoms with Gasteiger partial charge in [0.15, 0.2) is 0 Å². The van der Waals surface area contributed by atoms with Gasteiger partial charge in [0.2, 0.25) is 5.91 Å². The largest absolute Gasteiger partial charge is 0.397 e. The first-order valence-electron chi connectivity index (χ1n) is 6.60. The molecule has 3 rings (SSSR count). The van der Waals surface area contributed by atoms with Gasteiger partial charge in [0.1, 0.15) is 5.25 Å². The number of nitrogens with one attached hydrogen (secondary N) is 1. The minimum atomic E-state index is -0.140. The van der Waals surface area contributed by atoms with Crippen LogP contribution in [-0.2, 0) is 11.2 Å². The van der Waals surface area contributed by atoms with Crippen molar-refractivity contribution in [1.29, 1.82) is 0 Å². The molecular formula is C15H16BrClN2OS2. The van der Waals surface area contributed by atoms with E-state index in [0.717, 1.165) is 27.8 Å². The predicted octanol–water partition coefficient (Wildman–Crippen LogP) is 4.79. The quantitative estimate of drug-likeness (QED) is 0.688. The molecule has 0 bridgehead atoms. The van der Waals surface area contributed by atoms with Crippen LogP contribution in [-0.4, -0.2) is 11.7 Å². The molecule has 2 aromatic rings. The number of halogens is 2. The van der Waals surface area contributed by atoms with Gasteiger partial charge in [-0.25, -0.2) is 0 Å². The summed E-state index contributed by atoms with van der Waals surface area (Å²) in [6.07, 6.45) is 1.06. The van der Waals surface area contributed by atoms with Crippen LogP contribution in [0.1, 0.15) is 21.3 Å². The number of aryl methyl sites for hydroxylation is 2. The Labute approximate surface area is 152 Å². The van der Waals surface area contributed by atoms with Crippen molar-refractivity contribution in [2.75, 3.05) is 16.8 Å². The number of fused-ring (bicyclic) bond motifs is 1. The van der Waals surface area contributed by atoms with Gasteiger partial charge in [-0.15, -0.1) is 35.5 Å². The van der Waals surface area contributed by atoms with E-state index < -0.39 is 0 Å². The van der Waals surface area contributed by atoms with E-state index in [2.05, 4.69) is 32.7 Å². The Kier molecular flexibility index (Phi) is 5.82. The molecule has 1 amide bonds. The molecule has 22 heavy (non-hydrogen) atoms. The maximum atomic E-state index is 12.6. The number of anilines is 2. The third-order valence-electron chi connectivity index (χ3n) is 3.52. The number of hydrogen-bond donors (Lipinski definition) is 2. The van der Waals surface area contributed by atoms with Crippen LogP contribution >= 0.6 is 51.4 Å². The second-order valence-corrected chi connectivity index (χ2v) is 8.10. The van der Waals surface area contributed by atoms with Gasteiger partial charge >= 0.3 is 0 Å². The number of carbonyl (C=O) groups excluding carboxylic acids is 1. The Hall–Kier alpha value is -0.690. The van der Waals surface area contributed by atoms with Gasteiger partial charge in [-0.3, -0.25) is 4.79 Å². The van der Waals surface area contributed by atoms with Crippen molar-refractivity contribution in [2.24, 2.45) is 0 Å². The molecule has 1 aromatic carbocycles. The van der Waals surface area contributed by atoms with Gasteiger partial charge in [-0.1, -0.05) is 15.9 Å². The van der Waals surface area contributed by atoms with Crippen LogP contribution in [0.3, 0.4) is 0 Å². The summed E-state index contributed by atoms with van der Waals surface area (Å²) in [5.74, 6) is 0.988. The molecule has 0 radical (unpaired) electrons. The molecule has 3 nitrogen and oxygen atoms in total. The Balaban J connectivity index is 0.00000176. The third-order valence-corrected chi connectivity index (χ3v) is 6.22. The second kappa shape index (κ2) is 7.25. The van der Waals surface area contributed by atoms with E-state index in [9.17, 15) is 4.79 Å². The molecule has 0 saturated heterocycles. The molecule has 0 aliphatic carbocycles. The van der Waals surface area contributed by atoms with E-state index in [4.69, 9.17) is 5.73 Å². The summed E-state index contributed by atoms with van der Waals surface area (Å²) in [5.41, 5.74) is 9.47. The highest BCUT2D eigenvalue weighted by Crippen LogP contribution is 2.40. The van der Waals surface area contributed by atoms with E-state index in [1.54, 1.807) is 23.1 Å². The zero-order chi connectivity index (χ0) is 15.0. The van der Waals surface area contributed by atoms with E-state index >= 15 is 0 Å². The molecule has 1 aliphatic heterocycles. The van der Waals surface area contributed by atoms with E-state index in [1.807, 2.05) is 19.1 Å². The Bertz CT molecular complexity index is 705. The number of carbonyl (C=O) groups is 1. The average Bonchev–Trinajstić information content (AvgIpc) is 2.92. The first kappa shape index (κ1) is 17.7. The summed E-state index contributed by atoms with van der Waals surface area (Å²) in [6.45, 7) is 1.93. The van der Waals surface area contributed by atoms with Crippen LogP contribution in [0, 0.1) is 6.92 Å². The number of thioether (sulfide) groups is 1. The van der Waals surface area contributed by atoms with Crippen molar-refractivity contribution >= 4 is 68.7 Å². The highest BCUT2D eigenvalue weighted by molar-refractivity contribution is 9.10. The van der Waals surface area contributed by atoms with Crippen LogP contribution < -0.4 is 11.1 Å². The molecule has 1 aromatic heterocycles. The summed E-state index contributed by atoms with van der Waals surface area (Å²) in [6, 6.07) is 5.85. The highest BCUT2D eigenvalue weighted by atomic mass is 79.9. The molecule has 3 N–H and O–H groups in total. The lowest BCUT2D eigenvalue weighted by Crippen LogP contribution is -2.22. The Morgan fingerprint density at radius 2 is 2.23 bits per heavy atom. The van der Waals surface area contributed by atoms with Crippen molar-refractivity contribution in [3.8, 4) is 0 Å². The van der Waals surface area contributed by atoms with Gasteiger partial charge in [0.05, 0.1) is 11.4 Å². The smallest absolute Gasteiger partial charge is 0.242 e. The van der Waals surface area contributed by atoms with Gasteiger partial charge < -0.3 is 11.1 Å². The zero-order valence-corrected chi connectivity index (χ0v) is 15.9. The van der Waals surface area contributed by atoms with Gasteiger partial charge in [-0.2, -0.15) is 0 Å². The number of nitrogen functional groups attached to an aromatic ring is 1. The molecule has 7 heteroatoms. The molecule has 2 heterocycles. The fourth-order valence-electron chi connectivity index (χ4n) is 2.42. The van der Waals surface area contributed by atoms with Crippen LogP contribution in [0.2, 0.25) is 0 Å². The normalized spacial score (nSPS) is 16.5. The van der Waals surface area contributed by atoms with Gasteiger partial charge in [-0.05, 0) is 53.8 Å². The summed E-state index contributed by atoms with van der Waals surface area (Å²) in [7, 11) is 0. The molecular weight excluding hydrogens is 404 g/mol. The molecule has 118 valence electrons. The fourth-order valence-corrected chi connectivity index (χ4v) is 5.28. The fraction of sp³-hybridized carbons (Fsp3) is 0.267.